The summed E-state index contributed by atoms with van der Waals surface area (Å²) in [5.41, 5.74) is 2.31. The number of hydrogen-bond acceptors (Lipinski definition) is 6. The number of methoxy groups -OCH3 is 1. The second-order valence-electron chi connectivity index (χ2n) is 7.43. The third-order valence-corrected chi connectivity index (χ3v) is 5.11. The van der Waals surface area contributed by atoms with Crippen molar-refractivity contribution in [3.63, 3.8) is 0 Å². The standard InChI is InChI=1S/C21H32N4O2/c1-17(2)21-15-20(27-23-21)16-22-9-4-10-24-11-13-25(14-12-24)18-5-7-19(26-3)8-6-18/h5-8,15,17,22H,4,9-14,16H2,1-3H3. The fourth-order valence-electron chi connectivity index (χ4n) is 3.35. The zero-order chi connectivity index (χ0) is 19.1. The lowest BCUT2D eigenvalue weighted by atomic mass is 10.1. The van der Waals surface area contributed by atoms with Crippen LogP contribution in [0, 0.1) is 0 Å². The number of aromatic nitrogens is 1. The molecule has 1 aliphatic heterocycles. The van der Waals surface area contributed by atoms with Gasteiger partial charge < -0.3 is 19.5 Å². The van der Waals surface area contributed by atoms with Gasteiger partial charge in [0.25, 0.3) is 0 Å². The number of piperazine rings is 1. The zero-order valence-electron chi connectivity index (χ0n) is 16.8. The molecule has 1 aliphatic rings. The van der Waals surface area contributed by atoms with Crippen LogP contribution in [0.25, 0.3) is 0 Å². The molecule has 27 heavy (non-hydrogen) atoms. The monoisotopic (exact) mass is 372 g/mol. The van der Waals surface area contributed by atoms with Gasteiger partial charge in [0.15, 0.2) is 5.76 Å². The van der Waals surface area contributed by atoms with Crippen LogP contribution in [0.2, 0.25) is 0 Å². The van der Waals surface area contributed by atoms with E-state index >= 15 is 0 Å². The van der Waals surface area contributed by atoms with Crippen LogP contribution in [0.1, 0.15) is 37.6 Å². The summed E-state index contributed by atoms with van der Waals surface area (Å²) in [6, 6.07) is 10.4. The van der Waals surface area contributed by atoms with Crippen LogP contribution in [0.15, 0.2) is 34.9 Å². The van der Waals surface area contributed by atoms with E-state index in [1.807, 2.05) is 12.1 Å². The summed E-state index contributed by atoms with van der Waals surface area (Å²) in [6.07, 6.45) is 1.15. The van der Waals surface area contributed by atoms with E-state index in [4.69, 9.17) is 9.26 Å². The molecule has 2 heterocycles. The molecule has 0 atom stereocenters. The fraction of sp³-hybridized carbons (Fsp3) is 0.571. The van der Waals surface area contributed by atoms with E-state index in [9.17, 15) is 0 Å². The maximum Gasteiger partial charge on any atom is 0.150 e. The van der Waals surface area contributed by atoms with E-state index in [0.717, 1.165) is 69.4 Å². The lowest BCUT2D eigenvalue weighted by Gasteiger charge is -2.36. The van der Waals surface area contributed by atoms with Crippen molar-refractivity contribution in [2.24, 2.45) is 0 Å². The molecule has 0 saturated carbocycles. The first-order chi connectivity index (χ1) is 13.2. The number of benzene rings is 1. The molecule has 1 aromatic heterocycles. The molecule has 0 unspecified atom stereocenters. The van der Waals surface area contributed by atoms with E-state index in [2.05, 4.69) is 52.3 Å². The van der Waals surface area contributed by atoms with E-state index < -0.39 is 0 Å². The molecule has 0 radical (unpaired) electrons. The molecular weight excluding hydrogens is 340 g/mol. The summed E-state index contributed by atoms with van der Waals surface area (Å²) in [7, 11) is 1.71. The minimum atomic E-state index is 0.416. The fourth-order valence-corrected chi connectivity index (χ4v) is 3.35. The lowest BCUT2D eigenvalue weighted by Crippen LogP contribution is -2.46. The first-order valence-corrected chi connectivity index (χ1v) is 9.93. The van der Waals surface area contributed by atoms with Gasteiger partial charge in [-0.2, -0.15) is 0 Å². The first-order valence-electron chi connectivity index (χ1n) is 9.93. The molecule has 148 valence electrons. The molecule has 1 aromatic carbocycles. The smallest absolute Gasteiger partial charge is 0.150 e. The Bertz CT molecular complexity index is 676. The second-order valence-corrected chi connectivity index (χ2v) is 7.43. The number of hydrogen-bond donors (Lipinski definition) is 1. The number of nitrogens with zero attached hydrogens (tertiary/aromatic N) is 3. The Morgan fingerprint density at radius 2 is 1.89 bits per heavy atom. The Morgan fingerprint density at radius 3 is 2.52 bits per heavy atom. The van der Waals surface area contributed by atoms with Crippen LogP contribution in [0.5, 0.6) is 5.75 Å². The van der Waals surface area contributed by atoms with Gasteiger partial charge >= 0.3 is 0 Å². The van der Waals surface area contributed by atoms with Crippen LogP contribution in [0.4, 0.5) is 5.69 Å². The van der Waals surface area contributed by atoms with Crippen LogP contribution in [-0.4, -0.2) is 56.4 Å². The molecule has 0 amide bonds. The average Bonchev–Trinajstić information content (AvgIpc) is 3.18. The summed E-state index contributed by atoms with van der Waals surface area (Å²) in [6.45, 7) is 11.5. The molecule has 0 spiro atoms. The number of ether oxygens (including phenoxy) is 1. The largest absolute Gasteiger partial charge is 0.497 e. The Kier molecular flexibility index (Phi) is 7.12. The predicted octanol–water partition coefficient (Wildman–Crippen LogP) is 3.11. The normalized spacial score (nSPS) is 15.5. The van der Waals surface area contributed by atoms with Crippen molar-refractivity contribution in [1.82, 2.24) is 15.4 Å². The van der Waals surface area contributed by atoms with Crippen molar-refractivity contribution in [3.8, 4) is 5.75 Å². The summed E-state index contributed by atoms with van der Waals surface area (Å²) >= 11 is 0. The third-order valence-electron chi connectivity index (χ3n) is 5.11. The second kappa shape index (κ2) is 9.76. The van der Waals surface area contributed by atoms with Crippen molar-refractivity contribution in [2.75, 3.05) is 51.3 Å². The maximum atomic E-state index is 5.35. The zero-order valence-corrected chi connectivity index (χ0v) is 16.8. The van der Waals surface area contributed by atoms with Gasteiger partial charge in [0.1, 0.15) is 5.75 Å². The first kappa shape index (κ1) is 19.7. The Hall–Kier alpha value is -2.05. The van der Waals surface area contributed by atoms with E-state index in [1.54, 1.807) is 7.11 Å². The minimum Gasteiger partial charge on any atom is -0.497 e. The van der Waals surface area contributed by atoms with Gasteiger partial charge in [0.05, 0.1) is 19.3 Å². The quantitative estimate of drug-likeness (QED) is 0.683. The van der Waals surface area contributed by atoms with Gasteiger partial charge in [0, 0.05) is 37.9 Å². The highest BCUT2D eigenvalue weighted by Crippen LogP contribution is 2.20. The topological polar surface area (TPSA) is 53.8 Å². The Labute approximate surface area is 162 Å². The van der Waals surface area contributed by atoms with Crippen molar-refractivity contribution in [2.45, 2.75) is 32.7 Å². The average molecular weight is 373 g/mol. The SMILES string of the molecule is COc1ccc(N2CCN(CCCNCc3cc(C(C)C)no3)CC2)cc1. The summed E-state index contributed by atoms with van der Waals surface area (Å²) < 4.78 is 10.6. The van der Waals surface area contributed by atoms with Crippen LogP contribution in [0.3, 0.4) is 0 Å². The van der Waals surface area contributed by atoms with E-state index in [0.29, 0.717) is 5.92 Å². The maximum absolute atomic E-state index is 5.35. The van der Waals surface area contributed by atoms with Gasteiger partial charge in [-0.1, -0.05) is 19.0 Å². The van der Waals surface area contributed by atoms with E-state index in [1.165, 1.54) is 5.69 Å². The highest BCUT2D eigenvalue weighted by molar-refractivity contribution is 5.49. The van der Waals surface area contributed by atoms with Gasteiger partial charge in [0.2, 0.25) is 0 Å². The Balaban J connectivity index is 1.30. The van der Waals surface area contributed by atoms with Crippen LogP contribution in [-0.2, 0) is 6.54 Å². The van der Waals surface area contributed by atoms with Crippen LogP contribution >= 0.6 is 0 Å². The molecule has 1 saturated heterocycles. The van der Waals surface area contributed by atoms with E-state index in [-0.39, 0.29) is 0 Å². The Morgan fingerprint density at radius 1 is 1.15 bits per heavy atom. The summed E-state index contributed by atoms with van der Waals surface area (Å²) in [5, 5.41) is 7.55. The van der Waals surface area contributed by atoms with Gasteiger partial charge in [-0.3, -0.25) is 4.90 Å². The molecule has 1 fully saturated rings. The molecule has 1 N–H and O–H groups in total. The third kappa shape index (κ3) is 5.71. The molecule has 6 nitrogen and oxygen atoms in total. The number of nitrogens with one attached hydrogen (secondary N) is 1. The summed E-state index contributed by atoms with van der Waals surface area (Å²) in [5.74, 6) is 2.25. The van der Waals surface area contributed by atoms with Gasteiger partial charge in [-0.15, -0.1) is 0 Å². The highest BCUT2D eigenvalue weighted by atomic mass is 16.5. The molecule has 0 bridgehead atoms. The number of anilines is 1. The van der Waals surface area contributed by atoms with Crippen molar-refractivity contribution in [3.05, 3.63) is 41.8 Å². The van der Waals surface area contributed by atoms with Gasteiger partial charge in [-0.05, 0) is 49.7 Å². The van der Waals surface area contributed by atoms with Crippen molar-refractivity contribution in [1.29, 1.82) is 0 Å². The minimum absolute atomic E-state index is 0.416. The molecule has 0 aliphatic carbocycles. The molecule has 2 aromatic rings. The molecule has 6 heteroatoms. The van der Waals surface area contributed by atoms with Crippen molar-refractivity contribution >= 4 is 5.69 Å². The van der Waals surface area contributed by atoms with Crippen LogP contribution < -0.4 is 15.0 Å². The number of rotatable bonds is 9. The highest BCUT2D eigenvalue weighted by Gasteiger charge is 2.16. The lowest BCUT2D eigenvalue weighted by molar-refractivity contribution is 0.253. The van der Waals surface area contributed by atoms with Gasteiger partial charge in [-0.25, -0.2) is 0 Å². The molecular formula is C21H32N4O2. The molecule has 3 rings (SSSR count). The summed E-state index contributed by atoms with van der Waals surface area (Å²) in [4.78, 5) is 5.00. The predicted molar refractivity (Wildman–Crippen MR) is 109 cm³/mol. The van der Waals surface area contributed by atoms with Crippen molar-refractivity contribution < 1.29 is 9.26 Å².